The van der Waals surface area contributed by atoms with Crippen LogP contribution in [0.3, 0.4) is 0 Å². The number of carbonyl (C=O) groups is 2. The van der Waals surface area contributed by atoms with Gasteiger partial charge < -0.3 is 15.3 Å². The fourth-order valence-corrected chi connectivity index (χ4v) is 2.17. The first kappa shape index (κ1) is 13.4. The summed E-state index contributed by atoms with van der Waals surface area (Å²) in [5, 5.41) is 20.2. The lowest BCUT2D eigenvalue weighted by Crippen LogP contribution is -2.53. The van der Waals surface area contributed by atoms with Crippen molar-refractivity contribution in [1.82, 2.24) is 10.2 Å². The number of thioether (sulfide) groups is 1. The molecule has 2 amide bonds. The highest BCUT2D eigenvalue weighted by Crippen LogP contribution is 2.18. The molecule has 0 aliphatic carbocycles. The van der Waals surface area contributed by atoms with E-state index in [9.17, 15) is 19.7 Å². The molecular formula is C7H11N3O6S. The molecule has 17 heavy (non-hydrogen) atoms. The van der Waals surface area contributed by atoms with E-state index in [0.717, 1.165) is 16.7 Å². The first-order valence-corrected chi connectivity index (χ1v) is 5.62. The summed E-state index contributed by atoms with van der Waals surface area (Å²) >= 11 is 0.963. The van der Waals surface area contributed by atoms with Gasteiger partial charge in [-0.05, 0) is 6.92 Å². The molecule has 0 radical (unpaired) electrons. The summed E-state index contributed by atoms with van der Waals surface area (Å²) in [5.41, 5.74) is 0. The van der Waals surface area contributed by atoms with Crippen LogP contribution in [0.25, 0.3) is 0 Å². The maximum absolute atomic E-state index is 11.0. The maximum Gasteiger partial charge on any atom is 0.409 e. The zero-order chi connectivity index (χ0) is 13.0. The molecule has 96 valence electrons. The highest BCUT2D eigenvalue weighted by Gasteiger charge is 2.34. The van der Waals surface area contributed by atoms with Crippen molar-refractivity contribution in [2.75, 3.05) is 12.4 Å². The second-order valence-electron chi connectivity index (χ2n) is 3.32. The van der Waals surface area contributed by atoms with Gasteiger partial charge in [0.05, 0.1) is 6.04 Å². The maximum atomic E-state index is 11.0. The van der Waals surface area contributed by atoms with Crippen LogP contribution in [-0.4, -0.2) is 51.0 Å². The van der Waals surface area contributed by atoms with Gasteiger partial charge >= 0.3 is 6.09 Å². The van der Waals surface area contributed by atoms with Gasteiger partial charge in [-0.1, -0.05) is 11.8 Å². The molecule has 2 unspecified atom stereocenters. The number of hydrogen-bond acceptors (Lipinski definition) is 6. The Morgan fingerprint density at radius 3 is 2.94 bits per heavy atom. The van der Waals surface area contributed by atoms with E-state index in [1.54, 1.807) is 0 Å². The number of hydrogen-bond donors (Lipinski definition) is 2. The van der Waals surface area contributed by atoms with E-state index < -0.39 is 23.4 Å². The van der Waals surface area contributed by atoms with Crippen LogP contribution in [-0.2, 0) is 4.84 Å². The highest BCUT2D eigenvalue weighted by atomic mass is 32.2. The summed E-state index contributed by atoms with van der Waals surface area (Å²) in [6.07, 6.45) is -1.95. The lowest BCUT2D eigenvalue weighted by atomic mass is 10.3. The van der Waals surface area contributed by atoms with E-state index >= 15 is 0 Å². The topological polar surface area (TPSA) is 122 Å². The van der Waals surface area contributed by atoms with Crippen molar-refractivity contribution in [3.8, 4) is 0 Å². The molecular weight excluding hydrogens is 254 g/mol. The van der Waals surface area contributed by atoms with Gasteiger partial charge in [-0.2, -0.15) is 0 Å². The molecule has 0 aromatic rings. The van der Waals surface area contributed by atoms with Gasteiger partial charge in [-0.15, -0.1) is 10.1 Å². The number of carboxylic acid groups (broad SMARTS) is 1. The number of rotatable bonds is 5. The third kappa shape index (κ3) is 3.66. The van der Waals surface area contributed by atoms with Crippen LogP contribution in [0.2, 0.25) is 0 Å². The molecule has 0 aromatic heterocycles. The molecule has 0 saturated carbocycles. The minimum Gasteiger partial charge on any atom is -0.465 e. The third-order valence-corrected chi connectivity index (χ3v) is 2.97. The van der Waals surface area contributed by atoms with Crippen molar-refractivity contribution in [1.29, 1.82) is 0 Å². The highest BCUT2D eigenvalue weighted by molar-refractivity contribution is 8.13. The largest absolute Gasteiger partial charge is 0.465 e. The van der Waals surface area contributed by atoms with Crippen molar-refractivity contribution >= 4 is 23.1 Å². The van der Waals surface area contributed by atoms with Crippen LogP contribution in [0.5, 0.6) is 0 Å². The zero-order valence-corrected chi connectivity index (χ0v) is 9.68. The molecule has 1 aliphatic rings. The molecule has 0 aromatic carbocycles. The minimum atomic E-state index is -1.27. The van der Waals surface area contributed by atoms with Gasteiger partial charge in [-0.3, -0.25) is 9.69 Å². The van der Waals surface area contributed by atoms with E-state index in [-0.39, 0.29) is 17.6 Å². The first-order valence-electron chi connectivity index (χ1n) is 4.63. The van der Waals surface area contributed by atoms with Crippen LogP contribution >= 0.6 is 11.8 Å². The minimum absolute atomic E-state index is 0.272. The molecule has 2 atom stereocenters. The van der Waals surface area contributed by atoms with Crippen LogP contribution < -0.4 is 5.32 Å². The van der Waals surface area contributed by atoms with Gasteiger partial charge in [0.15, 0.2) is 0 Å². The fraction of sp³-hybridized carbons (Fsp3) is 0.714. The quantitative estimate of drug-likeness (QED) is 0.543. The molecule has 1 heterocycles. The van der Waals surface area contributed by atoms with Gasteiger partial charge in [0, 0.05) is 5.75 Å². The van der Waals surface area contributed by atoms with Gasteiger partial charge in [0.2, 0.25) is 0 Å². The van der Waals surface area contributed by atoms with Crippen LogP contribution in [0.1, 0.15) is 6.92 Å². The normalized spacial score (nSPS) is 20.5. The van der Waals surface area contributed by atoms with Crippen LogP contribution in [0, 0.1) is 10.1 Å². The molecule has 0 spiro atoms. The zero-order valence-electron chi connectivity index (χ0n) is 8.86. The Labute approximate surface area is 100 Å². The molecule has 1 aliphatic heterocycles. The van der Waals surface area contributed by atoms with Gasteiger partial charge in [0.25, 0.3) is 10.3 Å². The average Bonchev–Trinajstić information content (AvgIpc) is 2.61. The number of nitrogens with one attached hydrogen (secondary N) is 1. The van der Waals surface area contributed by atoms with Crippen LogP contribution in [0.15, 0.2) is 0 Å². The monoisotopic (exact) mass is 265 g/mol. The van der Waals surface area contributed by atoms with Crippen molar-refractivity contribution in [3.63, 3.8) is 0 Å². The Morgan fingerprint density at radius 2 is 2.53 bits per heavy atom. The summed E-state index contributed by atoms with van der Waals surface area (Å²) in [5.74, 6) is 0.272. The molecule has 9 nitrogen and oxygen atoms in total. The summed E-state index contributed by atoms with van der Waals surface area (Å²) < 4.78 is 0. The second-order valence-corrected chi connectivity index (χ2v) is 4.31. The van der Waals surface area contributed by atoms with Crippen molar-refractivity contribution < 1.29 is 24.6 Å². The van der Waals surface area contributed by atoms with Crippen molar-refractivity contribution in [2.45, 2.75) is 19.1 Å². The van der Waals surface area contributed by atoms with E-state index in [1.165, 1.54) is 6.92 Å². The predicted molar refractivity (Wildman–Crippen MR) is 57.0 cm³/mol. The third-order valence-electron chi connectivity index (χ3n) is 2.11. The summed E-state index contributed by atoms with van der Waals surface area (Å²) in [7, 11) is 0. The van der Waals surface area contributed by atoms with Gasteiger partial charge in [-0.25, -0.2) is 4.79 Å². The lowest BCUT2D eigenvalue weighted by molar-refractivity contribution is -0.758. The van der Waals surface area contributed by atoms with E-state index in [0.29, 0.717) is 0 Å². The Bertz CT molecular complexity index is 338. The Balaban J connectivity index is 2.61. The Hall–Kier alpha value is -1.71. The summed E-state index contributed by atoms with van der Waals surface area (Å²) in [4.78, 5) is 37.0. The van der Waals surface area contributed by atoms with Gasteiger partial charge in [0.1, 0.15) is 12.8 Å². The SMILES string of the molecule is CC(CO[N+](=O)[O-])N(C(=O)O)C1CSC(=O)N1. The fourth-order valence-electron chi connectivity index (χ4n) is 1.40. The Kier molecular flexibility index (Phi) is 4.37. The molecule has 10 heteroatoms. The molecule has 1 fully saturated rings. The number of amides is 2. The molecule has 1 rings (SSSR count). The Morgan fingerprint density at radius 1 is 1.88 bits per heavy atom. The second kappa shape index (κ2) is 5.57. The van der Waals surface area contributed by atoms with Crippen LogP contribution in [0.4, 0.5) is 9.59 Å². The lowest BCUT2D eigenvalue weighted by Gasteiger charge is -2.30. The van der Waals surface area contributed by atoms with E-state index in [1.807, 2.05) is 0 Å². The summed E-state index contributed by atoms with van der Waals surface area (Å²) in [6.45, 7) is 1.09. The van der Waals surface area contributed by atoms with E-state index in [4.69, 9.17) is 5.11 Å². The van der Waals surface area contributed by atoms with E-state index in [2.05, 4.69) is 10.2 Å². The predicted octanol–water partition coefficient (Wildman–Crippen LogP) is 0.346. The smallest absolute Gasteiger partial charge is 0.409 e. The molecule has 1 saturated heterocycles. The van der Waals surface area contributed by atoms with Crippen molar-refractivity contribution in [3.05, 3.63) is 10.1 Å². The first-order chi connectivity index (χ1) is 7.91. The number of nitrogens with zero attached hydrogens (tertiary/aromatic N) is 2. The molecule has 2 N–H and O–H groups in total. The molecule has 0 bridgehead atoms. The standard InChI is InChI=1S/C7H11N3O6S/c1-4(2-16-10(14)15)9(7(12)13)5-3-17-6(11)8-5/h4-5H,2-3H2,1H3,(H,8,11)(H,12,13). The van der Waals surface area contributed by atoms with Crippen molar-refractivity contribution in [2.24, 2.45) is 0 Å². The average molecular weight is 265 g/mol. The number of carbonyl (C=O) groups excluding carboxylic acids is 1. The summed E-state index contributed by atoms with van der Waals surface area (Å²) in [6, 6.07) is -0.734.